The Kier molecular flexibility index (Phi) is 5.60. The van der Waals surface area contributed by atoms with Gasteiger partial charge in [-0.2, -0.15) is 0 Å². The standard InChI is InChI=1S/C14H24N2O2S2/c1-3-4-5-11(2)16-20(17,18)14-8-9-19-13(14)10-15-12-6-7-12/h8-9,11-12,15-16H,3-7,10H2,1-2H3. The van der Waals surface area contributed by atoms with E-state index in [1.807, 2.05) is 12.3 Å². The maximum atomic E-state index is 12.4. The van der Waals surface area contributed by atoms with E-state index in [1.165, 1.54) is 24.2 Å². The predicted octanol–water partition coefficient (Wildman–Crippen LogP) is 2.86. The molecule has 0 spiro atoms. The van der Waals surface area contributed by atoms with E-state index in [9.17, 15) is 8.42 Å². The zero-order valence-electron chi connectivity index (χ0n) is 12.2. The minimum Gasteiger partial charge on any atom is -0.309 e. The van der Waals surface area contributed by atoms with Gasteiger partial charge in [-0.15, -0.1) is 11.3 Å². The minimum absolute atomic E-state index is 0.0101. The van der Waals surface area contributed by atoms with Crippen molar-refractivity contribution in [1.29, 1.82) is 0 Å². The van der Waals surface area contributed by atoms with Crippen LogP contribution in [0.1, 0.15) is 50.8 Å². The molecule has 6 heteroatoms. The molecule has 0 saturated heterocycles. The molecule has 1 fully saturated rings. The third kappa shape index (κ3) is 4.55. The Bertz CT molecular complexity index is 521. The molecule has 2 rings (SSSR count). The zero-order chi connectivity index (χ0) is 14.6. The first-order chi connectivity index (χ1) is 9.53. The SMILES string of the molecule is CCCCC(C)NS(=O)(=O)c1ccsc1CNC1CC1. The number of rotatable bonds is 9. The quantitative estimate of drug-likeness (QED) is 0.736. The normalized spacial score (nSPS) is 17.3. The lowest BCUT2D eigenvalue weighted by molar-refractivity contribution is 0.533. The maximum Gasteiger partial charge on any atom is 0.241 e. The molecule has 0 amide bonds. The van der Waals surface area contributed by atoms with Gasteiger partial charge in [0.2, 0.25) is 10.0 Å². The van der Waals surface area contributed by atoms with Crippen molar-refractivity contribution in [2.45, 2.75) is 69.5 Å². The fourth-order valence-electron chi connectivity index (χ4n) is 2.12. The Morgan fingerprint density at radius 2 is 2.20 bits per heavy atom. The molecule has 1 aliphatic carbocycles. The molecule has 20 heavy (non-hydrogen) atoms. The van der Waals surface area contributed by atoms with Crippen molar-refractivity contribution in [3.8, 4) is 0 Å². The van der Waals surface area contributed by atoms with Crippen molar-refractivity contribution in [3.05, 3.63) is 16.3 Å². The van der Waals surface area contributed by atoms with Crippen LogP contribution in [0.3, 0.4) is 0 Å². The van der Waals surface area contributed by atoms with E-state index in [2.05, 4.69) is 17.0 Å². The molecule has 1 aromatic heterocycles. The number of nitrogens with one attached hydrogen (secondary N) is 2. The first-order valence-corrected chi connectivity index (χ1v) is 9.71. The topological polar surface area (TPSA) is 58.2 Å². The van der Waals surface area contributed by atoms with Gasteiger partial charge in [-0.3, -0.25) is 0 Å². The summed E-state index contributed by atoms with van der Waals surface area (Å²) in [5.74, 6) is 0. The van der Waals surface area contributed by atoms with E-state index in [0.29, 0.717) is 17.5 Å². The third-order valence-electron chi connectivity index (χ3n) is 3.47. The zero-order valence-corrected chi connectivity index (χ0v) is 13.8. The van der Waals surface area contributed by atoms with Crippen LogP contribution in [-0.4, -0.2) is 20.5 Å². The van der Waals surface area contributed by atoms with Crippen LogP contribution in [0.5, 0.6) is 0 Å². The molecule has 1 unspecified atom stereocenters. The molecule has 1 heterocycles. The molecule has 0 radical (unpaired) electrons. The second-order valence-electron chi connectivity index (χ2n) is 5.53. The Labute approximate surface area is 126 Å². The molecule has 2 N–H and O–H groups in total. The van der Waals surface area contributed by atoms with E-state index in [4.69, 9.17) is 0 Å². The van der Waals surface area contributed by atoms with Crippen molar-refractivity contribution in [3.63, 3.8) is 0 Å². The summed E-state index contributed by atoms with van der Waals surface area (Å²) in [7, 11) is -3.38. The summed E-state index contributed by atoms with van der Waals surface area (Å²) >= 11 is 1.51. The van der Waals surface area contributed by atoms with Crippen molar-refractivity contribution >= 4 is 21.4 Å². The summed E-state index contributed by atoms with van der Waals surface area (Å²) in [6.45, 7) is 4.70. The van der Waals surface area contributed by atoms with Crippen LogP contribution < -0.4 is 10.0 Å². The average molecular weight is 316 g/mol. The highest BCUT2D eigenvalue weighted by Gasteiger charge is 2.24. The Morgan fingerprint density at radius 1 is 1.45 bits per heavy atom. The number of thiophene rings is 1. The summed E-state index contributed by atoms with van der Waals surface area (Å²) in [5.41, 5.74) is 0. The van der Waals surface area contributed by atoms with Crippen LogP contribution in [0.4, 0.5) is 0 Å². The van der Waals surface area contributed by atoms with Crippen molar-refractivity contribution < 1.29 is 8.42 Å². The first kappa shape index (κ1) is 15.9. The average Bonchev–Trinajstić information content (AvgIpc) is 3.09. The first-order valence-electron chi connectivity index (χ1n) is 7.35. The molecule has 0 bridgehead atoms. The monoisotopic (exact) mass is 316 g/mol. The van der Waals surface area contributed by atoms with E-state index in [-0.39, 0.29) is 6.04 Å². The summed E-state index contributed by atoms with van der Waals surface area (Å²) < 4.78 is 27.6. The lowest BCUT2D eigenvalue weighted by Gasteiger charge is -2.14. The van der Waals surface area contributed by atoms with Gasteiger partial charge >= 0.3 is 0 Å². The molecule has 1 saturated carbocycles. The molecule has 114 valence electrons. The molecule has 0 aromatic carbocycles. The number of hydrogen-bond acceptors (Lipinski definition) is 4. The Balaban J connectivity index is 1.98. The van der Waals surface area contributed by atoms with Crippen LogP contribution in [0, 0.1) is 0 Å². The number of unbranched alkanes of at least 4 members (excludes halogenated alkanes) is 1. The Hall–Kier alpha value is -0.430. The molecular weight excluding hydrogens is 292 g/mol. The van der Waals surface area contributed by atoms with Crippen LogP contribution in [-0.2, 0) is 16.6 Å². The lowest BCUT2D eigenvalue weighted by Crippen LogP contribution is -2.33. The smallest absolute Gasteiger partial charge is 0.241 e. The fraction of sp³-hybridized carbons (Fsp3) is 0.714. The van der Waals surface area contributed by atoms with E-state index < -0.39 is 10.0 Å². The molecule has 1 aromatic rings. The van der Waals surface area contributed by atoms with Gasteiger partial charge < -0.3 is 5.32 Å². The highest BCUT2D eigenvalue weighted by atomic mass is 32.2. The largest absolute Gasteiger partial charge is 0.309 e. The van der Waals surface area contributed by atoms with Crippen LogP contribution >= 0.6 is 11.3 Å². The Morgan fingerprint density at radius 3 is 2.85 bits per heavy atom. The van der Waals surface area contributed by atoms with Crippen LogP contribution in [0.15, 0.2) is 16.3 Å². The van der Waals surface area contributed by atoms with Gasteiger partial charge in [0, 0.05) is 23.5 Å². The van der Waals surface area contributed by atoms with Gasteiger partial charge in [-0.05, 0) is 37.6 Å². The summed E-state index contributed by atoms with van der Waals surface area (Å²) in [5, 5.41) is 5.23. The van der Waals surface area contributed by atoms with Crippen molar-refractivity contribution in [1.82, 2.24) is 10.0 Å². The molecule has 1 aliphatic rings. The van der Waals surface area contributed by atoms with E-state index >= 15 is 0 Å². The lowest BCUT2D eigenvalue weighted by atomic mass is 10.2. The maximum absolute atomic E-state index is 12.4. The van der Waals surface area contributed by atoms with Crippen LogP contribution in [0.25, 0.3) is 0 Å². The summed E-state index contributed by atoms with van der Waals surface area (Å²) in [6.07, 6.45) is 5.43. The second kappa shape index (κ2) is 7.02. The molecule has 0 aliphatic heterocycles. The van der Waals surface area contributed by atoms with Crippen molar-refractivity contribution in [2.24, 2.45) is 0 Å². The summed E-state index contributed by atoms with van der Waals surface area (Å²) in [6, 6.07) is 2.29. The highest BCUT2D eigenvalue weighted by Crippen LogP contribution is 2.25. The van der Waals surface area contributed by atoms with Crippen molar-refractivity contribution in [2.75, 3.05) is 0 Å². The fourth-order valence-corrected chi connectivity index (χ4v) is 4.79. The van der Waals surface area contributed by atoms with E-state index in [0.717, 1.165) is 24.1 Å². The second-order valence-corrected chi connectivity index (χ2v) is 8.21. The van der Waals surface area contributed by atoms with Gasteiger partial charge in [0.15, 0.2) is 0 Å². The predicted molar refractivity (Wildman–Crippen MR) is 83.5 cm³/mol. The minimum atomic E-state index is -3.38. The van der Waals surface area contributed by atoms with Gasteiger partial charge in [0.25, 0.3) is 0 Å². The highest BCUT2D eigenvalue weighted by molar-refractivity contribution is 7.89. The van der Waals surface area contributed by atoms with Crippen LogP contribution in [0.2, 0.25) is 0 Å². The van der Waals surface area contributed by atoms with E-state index in [1.54, 1.807) is 6.07 Å². The summed E-state index contributed by atoms with van der Waals surface area (Å²) in [4.78, 5) is 1.35. The number of sulfonamides is 1. The van der Waals surface area contributed by atoms with Gasteiger partial charge in [-0.1, -0.05) is 19.8 Å². The molecule has 4 nitrogen and oxygen atoms in total. The van der Waals surface area contributed by atoms with Gasteiger partial charge in [-0.25, -0.2) is 13.1 Å². The van der Waals surface area contributed by atoms with Gasteiger partial charge in [0.05, 0.1) is 4.90 Å². The molecule has 1 atom stereocenters. The third-order valence-corrected chi connectivity index (χ3v) is 6.19. The number of hydrogen-bond donors (Lipinski definition) is 2. The molecular formula is C14H24N2O2S2. The van der Waals surface area contributed by atoms with Gasteiger partial charge in [0.1, 0.15) is 0 Å².